The van der Waals surface area contributed by atoms with Crippen LogP contribution in [-0.2, 0) is 19.1 Å². The van der Waals surface area contributed by atoms with Gasteiger partial charge < -0.3 is 0 Å². The van der Waals surface area contributed by atoms with E-state index in [2.05, 4.69) is 37.6 Å². The van der Waals surface area contributed by atoms with Crippen molar-refractivity contribution in [3.05, 3.63) is 0 Å². The Balaban J connectivity index is 4.09. The van der Waals surface area contributed by atoms with Crippen LogP contribution in [0.2, 0.25) is 9.88 Å². The Hall–Kier alpha value is 0.439. The number of ether oxygens (including phenoxy) is 2. The quantitative estimate of drug-likeness (QED) is 0.139. The first-order valence-corrected chi connectivity index (χ1v) is 26.0. The first-order valence-electron chi connectivity index (χ1n) is 11.4. The standard InChI is InChI=1S/2C10H20O2S.2CH3.Sn/c2*1-3-5-6-9(4-2)7-12-10(11)8-13;;;/h2*9,13H,3-8H2,1-2H3;2*1H3;/q;;;;+2/p-2. The third-order valence-electron chi connectivity index (χ3n) is 5.12. The molecule has 0 bridgehead atoms. The van der Waals surface area contributed by atoms with Gasteiger partial charge in [-0.3, -0.25) is 0 Å². The summed E-state index contributed by atoms with van der Waals surface area (Å²) in [7, 11) is 3.47. The summed E-state index contributed by atoms with van der Waals surface area (Å²) < 4.78 is 11.0. The Morgan fingerprint density at radius 3 is 1.45 bits per heavy atom. The third-order valence-corrected chi connectivity index (χ3v) is 26.4. The van der Waals surface area contributed by atoms with Crippen LogP contribution < -0.4 is 0 Å². The molecule has 0 aliphatic rings. The van der Waals surface area contributed by atoms with E-state index in [4.69, 9.17) is 9.47 Å². The van der Waals surface area contributed by atoms with Crippen molar-refractivity contribution >= 4 is 45.4 Å². The minimum absolute atomic E-state index is 0.111. The molecule has 0 aromatic carbocycles. The fourth-order valence-corrected chi connectivity index (χ4v) is 16.7. The zero-order valence-electron chi connectivity index (χ0n) is 19.6. The number of hydrogen-bond donors (Lipinski definition) is 0. The first-order chi connectivity index (χ1) is 13.8. The molecule has 0 aromatic heterocycles. The molecule has 0 N–H and O–H groups in total. The zero-order chi connectivity index (χ0) is 22.1. The van der Waals surface area contributed by atoms with Crippen LogP contribution in [0.1, 0.15) is 79.1 Å². The van der Waals surface area contributed by atoms with Crippen molar-refractivity contribution < 1.29 is 19.1 Å². The van der Waals surface area contributed by atoms with Gasteiger partial charge in [0, 0.05) is 0 Å². The molecule has 0 rings (SSSR count). The van der Waals surface area contributed by atoms with Gasteiger partial charge in [-0.25, -0.2) is 0 Å². The fraction of sp³-hybridized carbons (Fsp3) is 0.909. The van der Waals surface area contributed by atoms with E-state index < -0.39 is 15.6 Å². The van der Waals surface area contributed by atoms with Crippen LogP contribution in [0.4, 0.5) is 0 Å². The van der Waals surface area contributed by atoms with Gasteiger partial charge in [-0.15, -0.1) is 0 Å². The van der Waals surface area contributed by atoms with Gasteiger partial charge in [0.05, 0.1) is 0 Å². The van der Waals surface area contributed by atoms with Gasteiger partial charge in [0.1, 0.15) is 0 Å². The summed E-state index contributed by atoms with van der Waals surface area (Å²) in [5, 5.41) is 0. The van der Waals surface area contributed by atoms with Crippen molar-refractivity contribution in [2.24, 2.45) is 11.8 Å². The third kappa shape index (κ3) is 16.8. The van der Waals surface area contributed by atoms with Crippen LogP contribution in [0.15, 0.2) is 0 Å². The number of hydrogen-bond acceptors (Lipinski definition) is 6. The average molecular weight is 555 g/mol. The average Bonchev–Trinajstić information content (AvgIpc) is 2.71. The van der Waals surface area contributed by atoms with Gasteiger partial charge in [-0.05, 0) is 0 Å². The fourth-order valence-electron chi connectivity index (χ4n) is 2.81. The molecule has 0 aliphatic heterocycles. The van der Waals surface area contributed by atoms with E-state index in [-0.39, 0.29) is 11.9 Å². The monoisotopic (exact) mass is 556 g/mol. The molecule has 4 nitrogen and oxygen atoms in total. The molecule has 2 atom stereocenters. The summed E-state index contributed by atoms with van der Waals surface area (Å²) in [6.45, 7) is 9.78. The normalized spacial score (nSPS) is 13.7. The van der Waals surface area contributed by atoms with Crippen molar-refractivity contribution in [1.82, 2.24) is 0 Å². The van der Waals surface area contributed by atoms with Crippen molar-refractivity contribution in [2.45, 2.75) is 88.9 Å². The van der Waals surface area contributed by atoms with Gasteiger partial charge in [0.15, 0.2) is 0 Å². The van der Waals surface area contributed by atoms with Crippen LogP contribution in [0.5, 0.6) is 0 Å². The number of carbonyl (C=O) groups is 2. The molecular weight excluding hydrogens is 511 g/mol. The Morgan fingerprint density at radius 2 is 1.14 bits per heavy atom. The van der Waals surface area contributed by atoms with Crippen LogP contribution in [-0.4, -0.2) is 52.3 Å². The molecule has 29 heavy (non-hydrogen) atoms. The van der Waals surface area contributed by atoms with Crippen molar-refractivity contribution in [3.8, 4) is 0 Å². The molecule has 0 spiro atoms. The van der Waals surface area contributed by atoms with Crippen LogP contribution in [0, 0.1) is 11.8 Å². The molecule has 2 unspecified atom stereocenters. The molecule has 0 radical (unpaired) electrons. The van der Waals surface area contributed by atoms with Crippen molar-refractivity contribution in [3.63, 3.8) is 0 Å². The molecule has 0 saturated carbocycles. The molecule has 172 valence electrons. The van der Waals surface area contributed by atoms with Crippen LogP contribution >= 0.6 is 17.9 Å². The second-order valence-corrected chi connectivity index (χ2v) is 37.7. The van der Waals surface area contributed by atoms with Crippen LogP contribution in [0.25, 0.3) is 0 Å². The first kappa shape index (κ1) is 29.4. The Bertz CT molecular complexity index is 409. The number of carbonyl (C=O) groups excluding carboxylic acids is 2. The summed E-state index contributed by atoms with van der Waals surface area (Å²) in [6, 6.07) is 0. The molecule has 0 heterocycles. The number of unbranched alkanes of at least 4 members (excludes halogenated alkanes) is 2. The zero-order valence-corrected chi connectivity index (χ0v) is 24.1. The van der Waals surface area contributed by atoms with Gasteiger partial charge in [0.25, 0.3) is 0 Å². The second-order valence-electron chi connectivity index (χ2n) is 8.18. The number of esters is 2. The maximum absolute atomic E-state index is 12.1. The Labute approximate surface area is 189 Å². The van der Waals surface area contributed by atoms with Gasteiger partial charge in [0.2, 0.25) is 0 Å². The summed E-state index contributed by atoms with van der Waals surface area (Å²) in [5.74, 6) is 1.55. The minimum atomic E-state index is -2.55. The number of rotatable bonds is 18. The summed E-state index contributed by atoms with van der Waals surface area (Å²) in [5.41, 5.74) is 0. The molecule has 0 aromatic rings. The SMILES string of the molecule is CCCCC(CC)COC(=O)C[S][Sn]([CH3])([CH3])[S]CC(=O)OCC(CC)CCCC. The van der Waals surface area contributed by atoms with Crippen LogP contribution in [0.3, 0.4) is 0 Å². The molecule has 0 aliphatic carbocycles. The van der Waals surface area contributed by atoms with E-state index >= 15 is 0 Å². The van der Waals surface area contributed by atoms with E-state index in [1.165, 1.54) is 25.7 Å². The summed E-state index contributed by atoms with van der Waals surface area (Å²) in [6.07, 6.45) is 9.12. The molecule has 7 heteroatoms. The van der Waals surface area contributed by atoms with Gasteiger partial charge in [-0.2, -0.15) is 0 Å². The Kier molecular flexibility index (Phi) is 18.3. The molecular formula is C22H44O4S2Sn. The Morgan fingerprint density at radius 1 is 0.759 bits per heavy atom. The van der Waals surface area contributed by atoms with Gasteiger partial charge in [-0.1, -0.05) is 0 Å². The van der Waals surface area contributed by atoms with Crippen molar-refractivity contribution in [2.75, 3.05) is 24.7 Å². The maximum atomic E-state index is 12.1. The van der Waals surface area contributed by atoms with Crippen molar-refractivity contribution in [1.29, 1.82) is 0 Å². The van der Waals surface area contributed by atoms with E-state index in [0.29, 0.717) is 36.6 Å². The van der Waals surface area contributed by atoms with E-state index in [9.17, 15) is 9.59 Å². The second kappa shape index (κ2) is 18.1. The molecule has 0 fully saturated rings. The van der Waals surface area contributed by atoms with E-state index in [1.54, 1.807) is 17.9 Å². The topological polar surface area (TPSA) is 52.6 Å². The summed E-state index contributed by atoms with van der Waals surface area (Å²) >= 11 is -2.55. The summed E-state index contributed by atoms with van der Waals surface area (Å²) in [4.78, 5) is 28.7. The predicted octanol–water partition coefficient (Wildman–Crippen LogP) is 6.67. The molecule has 0 amide bonds. The molecule has 0 saturated heterocycles. The predicted molar refractivity (Wildman–Crippen MR) is 131 cm³/mol. The van der Waals surface area contributed by atoms with E-state index in [0.717, 1.165) is 25.7 Å². The van der Waals surface area contributed by atoms with E-state index in [1.807, 2.05) is 0 Å². The van der Waals surface area contributed by atoms with Gasteiger partial charge >= 0.3 is 190 Å².